The molecule has 2 aromatic carbocycles. The summed E-state index contributed by atoms with van der Waals surface area (Å²) in [5, 5.41) is 0.461. The Morgan fingerprint density at radius 1 is 1.14 bits per heavy atom. The lowest BCUT2D eigenvalue weighted by Crippen LogP contribution is -2.37. The summed E-state index contributed by atoms with van der Waals surface area (Å²) in [6.45, 7) is 4.86. The highest BCUT2D eigenvalue weighted by Gasteiger charge is 2.37. The number of methoxy groups -OCH3 is 1. The zero-order chi connectivity index (χ0) is 25.9. The van der Waals surface area contributed by atoms with Crippen molar-refractivity contribution in [3.05, 3.63) is 60.9 Å². The fraction of sp³-hybridized carbons (Fsp3) is 0.292. The Hall–Kier alpha value is -2.20. The van der Waals surface area contributed by atoms with E-state index in [1.807, 2.05) is 0 Å². The van der Waals surface area contributed by atoms with Crippen LogP contribution in [0.2, 0.25) is 10.0 Å². The summed E-state index contributed by atoms with van der Waals surface area (Å²) in [6.07, 6.45) is 1.55. The van der Waals surface area contributed by atoms with Gasteiger partial charge in [-0.15, -0.1) is 0 Å². The van der Waals surface area contributed by atoms with E-state index in [-0.39, 0.29) is 11.5 Å². The van der Waals surface area contributed by atoms with Crippen molar-refractivity contribution >= 4 is 74.1 Å². The van der Waals surface area contributed by atoms with Gasteiger partial charge in [-0.3, -0.25) is 19.3 Å². The molecule has 7 nitrogen and oxygen atoms in total. The molecule has 2 amide bonds. The Bertz CT molecular complexity index is 1210. The molecule has 2 aromatic rings. The molecule has 1 aliphatic rings. The number of carbonyl (C=O) groups excluding carboxylic acids is 3. The van der Waals surface area contributed by atoms with Crippen LogP contribution in [0.15, 0.2) is 39.7 Å². The van der Waals surface area contributed by atoms with Crippen molar-refractivity contribution in [2.75, 3.05) is 13.7 Å². The molecule has 1 heterocycles. The quantitative estimate of drug-likeness (QED) is 0.257. The first-order valence-electron chi connectivity index (χ1n) is 10.3. The van der Waals surface area contributed by atoms with E-state index in [4.69, 9.17) is 37.4 Å². The number of benzene rings is 2. The predicted octanol–water partition coefficient (Wildman–Crippen LogP) is 6.72. The molecule has 0 aromatic heterocycles. The number of amides is 2. The zero-order valence-electron chi connectivity index (χ0n) is 19.3. The number of hydrogen-bond acceptors (Lipinski definition) is 7. The summed E-state index contributed by atoms with van der Waals surface area (Å²) in [6, 6.07) is 8.49. The normalized spacial score (nSPS) is 15.1. The number of thioether (sulfide) groups is 1. The predicted molar refractivity (Wildman–Crippen MR) is 140 cm³/mol. The fourth-order valence-corrected chi connectivity index (χ4v) is 4.74. The van der Waals surface area contributed by atoms with Gasteiger partial charge in [0.1, 0.15) is 18.8 Å². The first kappa shape index (κ1) is 27.4. The van der Waals surface area contributed by atoms with Crippen LogP contribution in [-0.4, -0.2) is 41.3 Å². The Morgan fingerprint density at radius 2 is 1.86 bits per heavy atom. The maximum Gasteiger partial charge on any atom is 0.326 e. The molecule has 11 heteroatoms. The Morgan fingerprint density at radius 3 is 2.49 bits per heavy atom. The molecule has 186 valence electrons. The van der Waals surface area contributed by atoms with E-state index in [0.717, 1.165) is 22.2 Å². The van der Waals surface area contributed by atoms with Gasteiger partial charge in [-0.2, -0.15) is 0 Å². The van der Waals surface area contributed by atoms with Crippen LogP contribution in [0.3, 0.4) is 0 Å². The molecule has 1 aliphatic heterocycles. The minimum Gasteiger partial charge on any atom is -0.493 e. The van der Waals surface area contributed by atoms with Crippen LogP contribution in [0.4, 0.5) is 4.79 Å². The van der Waals surface area contributed by atoms with Crippen LogP contribution in [0.1, 0.15) is 31.9 Å². The van der Waals surface area contributed by atoms with E-state index < -0.39 is 29.3 Å². The minimum absolute atomic E-state index is 0.169. The largest absolute Gasteiger partial charge is 0.493 e. The van der Waals surface area contributed by atoms with E-state index in [1.54, 1.807) is 57.2 Å². The van der Waals surface area contributed by atoms with Crippen LogP contribution in [0, 0.1) is 0 Å². The second-order valence-electron chi connectivity index (χ2n) is 8.40. The molecule has 0 unspecified atom stereocenters. The highest BCUT2D eigenvalue weighted by Crippen LogP contribution is 2.38. The summed E-state index contributed by atoms with van der Waals surface area (Å²) >= 11 is 16.4. The van der Waals surface area contributed by atoms with Gasteiger partial charge in [0, 0.05) is 20.1 Å². The Balaban J connectivity index is 1.78. The first-order valence-corrected chi connectivity index (χ1v) is 12.7. The van der Waals surface area contributed by atoms with E-state index in [1.165, 1.54) is 7.11 Å². The molecule has 1 saturated heterocycles. The van der Waals surface area contributed by atoms with Crippen molar-refractivity contribution in [1.82, 2.24) is 4.90 Å². The number of halogens is 3. The molecule has 0 aliphatic carbocycles. The van der Waals surface area contributed by atoms with Crippen LogP contribution in [0.5, 0.6) is 11.5 Å². The van der Waals surface area contributed by atoms with Crippen LogP contribution in [-0.2, 0) is 20.9 Å². The van der Waals surface area contributed by atoms with Gasteiger partial charge in [0.05, 0.1) is 12.0 Å². The van der Waals surface area contributed by atoms with Crippen LogP contribution in [0.25, 0.3) is 6.08 Å². The molecular weight excluding hydrogens is 581 g/mol. The molecule has 35 heavy (non-hydrogen) atoms. The summed E-state index contributed by atoms with van der Waals surface area (Å²) in [7, 11) is 1.49. The number of esters is 1. The van der Waals surface area contributed by atoms with Gasteiger partial charge in [0.2, 0.25) is 0 Å². The molecule has 0 atom stereocenters. The SMILES string of the molecule is COc1cc(C=C2SC(=O)N(CC(=O)OC(C)(C)C)C2=O)c(Br)cc1OCc1ccc(Cl)cc1Cl. The summed E-state index contributed by atoms with van der Waals surface area (Å²) in [5.74, 6) is -0.376. The van der Waals surface area contributed by atoms with E-state index in [9.17, 15) is 14.4 Å². The monoisotopic (exact) mass is 601 g/mol. The topological polar surface area (TPSA) is 82.1 Å². The molecule has 1 fully saturated rings. The number of hydrogen-bond donors (Lipinski definition) is 0. The third-order valence-electron chi connectivity index (χ3n) is 4.55. The Labute approximate surface area is 225 Å². The lowest BCUT2D eigenvalue weighted by Gasteiger charge is -2.21. The third-order valence-corrected chi connectivity index (χ3v) is 6.73. The molecule has 0 bridgehead atoms. The standard InChI is InChI=1S/C24H22BrCl2NO6S/c1-24(2,3)34-21(29)11-28-22(30)20(35-23(28)31)8-14-7-18(32-4)19(10-16(14)25)33-12-13-5-6-15(26)9-17(13)27/h5-10H,11-12H2,1-4H3. The second-order valence-corrected chi connectivity index (χ2v) is 11.1. The van der Waals surface area contributed by atoms with Gasteiger partial charge in [0.15, 0.2) is 11.5 Å². The van der Waals surface area contributed by atoms with E-state index in [2.05, 4.69) is 15.9 Å². The lowest BCUT2D eigenvalue weighted by atomic mass is 10.1. The first-order chi connectivity index (χ1) is 16.4. The molecular formula is C24H22BrCl2NO6S. The van der Waals surface area contributed by atoms with Crippen LogP contribution < -0.4 is 9.47 Å². The van der Waals surface area contributed by atoms with Gasteiger partial charge in [-0.25, -0.2) is 0 Å². The molecule has 0 saturated carbocycles. The number of imide groups is 1. The molecule has 0 spiro atoms. The second kappa shape index (κ2) is 11.2. The van der Waals surface area contributed by atoms with Crippen molar-refractivity contribution in [3.63, 3.8) is 0 Å². The van der Waals surface area contributed by atoms with Crippen molar-refractivity contribution in [2.45, 2.75) is 33.0 Å². The zero-order valence-corrected chi connectivity index (χ0v) is 23.2. The fourth-order valence-electron chi connectivity index (χ4n) is 3.01. The number of carbonyl (C=O) groups is 3. The van der Waals surface area contributed by atoms with Crippen molar-refractivity contribution < 1.29 is 28.6 Å². The maximum atomic E-state index is 12.8. The highest BCUT2D eigenvalue weighted by atomic mass is 79.9. The van der Waals surface area contributed by atoms with Gasteiger partial charge in [0.25, 0.3) is 11.1 Å². The van der Waals surface area contributed by atoms with Crippen molar-refractivity contribution in [3.8, 4) is 11.5 Å². The third kappa shape index (κ3) is 7.16. The van der Waals surface area contributed by atoms with Crippen LogP contribution >= 0.6 is 50.9 Å². The number of rotatable bonds is 7. The summed E-state index contributed by atoms with van der Waals surface area (Å²) in [5.41, 5.74) is 0.609. The minimum atomic E-state index is -0.723. The van der Waals surface area contributed by atoms with E-state index in [0.29, 0.717) is 31.6 Å². The van der Waals surface area contributed by atoms with Gasteiger partial charge >= 0.3 is 5.97 Å². The average Bonchev–Trinajstić information content (AvgIpc) is 3.00. The lowest BCUT2D eigenvalue weighted by molar-refractivity contribution is -0.156. The van der Waals surface area contributed by atoms with Crippen molar-refractivity contribution in [1.29, 1.82) is 0 Å². The van der Waals surface area contributed by atoms with Crippen molar-refractivity contribution in [2.24, 2.45) is 0 Å². The Kier molecular flexibility index (Phi) is 8.80. The van der Waals surface area contributed by atoms with Gasteiger partial charge in [-0.05, 0) is 68.4 Å². The average molecular weight is 603 g/mol. The van der Waals surface area contributed by atoms with Gasteiger partial charge in [-0.1, -0.05) is 45.2 Å². The number of nitrogens with zero attached hydrogens (tertiary/aromatic N) is 1. The summed E-state index contributed by atoms with van der Waals surface area (Å²) in [4.78, 5) is 38.3. The maximum absolute atomic E-state index is 12.8. The smallest absolute Gasteiger partial charge is 0.326 e. The molecule has 3 rings (SSSR count). The molecule has 0 radical (unpaired) electrons. The highest BCUT2D eigenvalue weighted by molar-refractivity contribution is 9.10. The van der Waals surface area contributed by atoms with E-state index >= 15 is 0 Å². The summed E-state index contributed by atoms with van der Waals surface area (Å²) < 4.78 is 17.2. The molecule has 0 N–H and O–H groups in total. The van der Waals surface area contributed by atoms with Gasteiger partial charge < -0.3 is 14.2 Å². The number of ether oxygens (including phenoxy) is 3.